The molecule has 0 aliphatic rings. The molecule has 0 fully saturated rings. The number of carbonyl (C=O) groups excluding carboxylic acids is 1. The third-order valence-corrected chi connectivity index (χ3v) is 1.90. The third-order valence-electron chi connectivity index (χ3n) is 1.90. The molecule has 6 heteroatoms. The highest BCUT2D eigenvalue weighted by Gasteiger charge is 2.16. The van der Waals surface area contributed by atoms with E-state index in [1.165, 1.54) is 0 Å². The fraction of sp³-hybridized carbons (Fsp3) is 0.250. The number of nitriles is 1. The van der Waals surface area contributed by atoms with Gasteiger partial charge in [-0.1, -0.05) is 0 Å². The van der Waals surface area contributed by atoms with Crippen LogP contribution in [0.25, 0.3) is 0 Å². The summed E-state index contributed by atoms with van der Waals surface area (Å²) >= 11 is 0. The standard InChI is InChI=1S/C12H10F2N2O2/c1-2-18-12(17)8(6-15)7-16-11-4-9(13)3-10(14)5-11/h3-5,7-8H,2H2,1H3. The zero-order valence-corrected chi connectivity index (χ0v) is 9.56. The molecule has 1 aromatic rings. The number of hydrogen-bond donors (Lipinski definition) is 0. The Bertz CT molecular complexity index is 489. The molecule has 4 nitrogen and oxygen atoms in total. The lowest BCUT2D eigenvalue weighted by atomic mass is 10.2. The van der Waals surface area contributed by atoms with Crippen LogP contribution in [0.3, 0.4) is 0 Å². The van der Waals surface area contributed by atoms with Gasteiger partial charge in [-0.3, -0.25) is 9.79 Å². The van der Waals surface area contributed by atoms with E-state index in [1.807, 2.05) is 0 Å². The van der Waals surface area contributed by atoms with Gasteiger partial charge in [0.1, 0.15) is 11.6 Å². The molecule has 0 aliphatic heterocycles. The molecule has 0 amide bonds. The zero-order valence-electron chi connectivity index (χ0n) is 9.56. The molecule has 1 aromatic carbocycles. The van der Waals surface area contributed by atoms with Crippen molar-refractivity contribution in [2.75, 3.05) is 6.61 Å². The van der Waals surface area contributed by atoms with Gasteiger partial charge in [0.15, 0.2) is 5.92 Å². The predicted octanol–water partition coefficient (Wildman–Crippen LogP) is 2.37. The van der Waals surface area contributed by atoms with Crippen molar-refractivity contribution < 1.29 is 18.3 Å². The molecular formula is C12H10F2N2O2. The topological polar surface area (TPSA) is 62.5 Å². The van der Waals surface area contributed by atoms with Crippen LogP contribution in [0.5, 0.6) is 0 Å². The minimum atomic E-state index is -1.20. The highest BCUT2D eigenvalue weighted by molar-refractivity contribution is 5.93. The van der Waals surface area contributed by atoms with Gasteiger partial charge in [0.2, 0.25) is 0 Å². The van der Waals surface area contributed by atoms with E-state index in [4.69, 9.17) is 5.26 Å². The molecule has 94 valence electrons. The Morgan fingerprint density at radius 1 is 1.50 bits per heavy atom. The maximum absolute atomic E-state index is 12.8. The van der Waals surface area contributed by atoms with Crippen molar-refractivity contribution in [1.29, 1.82) is 5.26 Å². The quantitative estimate of drug-likeness (QED) is 0.610. The zero-order chi connectivity index (χ0) is 13.5. The van der Waals surface area contributed by atoms with E-state index in [0.717, 1.165) is 18.3 Å². The van der Waals surface area contributed by atoms with Gasteiger partial charge in [0.05, 0.1) is 18.4 Å². The smallest absolute Gasteiger partial charge is 0.328 e. The molecule has 0 N–H and O–H groups in total. The molecule has 1 atom stereocenters. The molecule has 0 spiro atoms. The fourth-order valence-electron chi connectivity index (χ4n) is 1.15. The van der Waals surface area contributed by atoms with E-state index in [-0.39, 0.29) is 12.3 Å². The van der Waals surface area contributed by atoms with Crippen LogP contribution in [0.1, 0.15) is 6.92 Å². The second-order valence-electron chi connectivity index (χ2n) is 3.26. The Hall–Kier alpha value is -2.29. The molecule has 0 saturated heterocycles. The normalized spacial score (nSPS) is 12.1. The number of esters is 1. The van der Waals surface area contributed by atoms with Crippen LogP contribution < -0.4 is 0 Å². The van der Waals surface area contributed by atoms with Crippen LogP contribution in [0.15, 0.2) is 23.2 Å². The number of benzene rings is 1. The van der Waals surface area contributed by atoms with Gasteiger partial charge in [-0.15, -0.1) is 0 Å². The molecule has 18 heavy (non-hydrogen) atoms. The van der Waals surface area contributed by atoms with Gasteiger partial charge in [-0.25, -0.2) is 8.78 Å². The first-order chi connectivity index (χ1) is 8.56. The fourth-order valence-corrected chi connectivity index (χ4v) is 1.15. The average Bonchev–Trinajstić information content (AvgIpc) is 2.29. The van der Waals surface area contributed by atoms with Crippen LogP contribution in [-0.4, -0.2) is 18.8 Å². The maximum Gasteiger partial charge on any atom is 0.328 e. The average molecular weight is 252 g/mol. The number of carbonyl (C=O) groups is 1. The van der Waals surface area contributed by atoms with Crippen molar-refractivity contribution in [3.05, 3.63) is 29.8 Å². The third kappa shape index (κ3) is 3.94. The molecule has 1 rings (SSSR count). The molecule has 0 heterocycles. The molecule has 0 aliphatic carbocycles. The van der Waals surface area contributed by atoms with Crippen molar-refractivity contribution in [2.45, 2.75) is 6.92 Å². The van der Waals surface area contributed by atoms with Gasteiger partial charge >= 0.3 is 5.97 Å². The summed E-state index contributed by atoms with van der Waals surface area (Å²) in [6, 6.07) is 4.35. The lowest BCUT2D eigenvalue weighted by molar-refractivity contribution is -0.143. The Morgan fingerprint density at radius 3 is 2.61 bits per heavy atom. The minimum Gasteiger partial charge on any atom is -0.465 e. The summed E-state index contributed by atoms with van der Waals surface area (Å²) in [6.07, 6.45) is 0.992. The van der Waals surface area contributed by atoms with Crippen LogP contribution in [-0.2, 0) is 9.53 Å². The van der Waals surface area contributed by atoms with Gasteiger partial charge in [-0.05, 0) is 19.1 Å². The van der Waals surface area contributed by atoms with Gasteiger partial charge < -0.3 is 4.74 Å². The first kappa shape index (κ1) is 13.8. The second kappa shape index (κ2) is 6.45. The van der Waals surface area contributed by atoms with Crippen molar-refractivity contribution >= 4 is 17.9 Å². The van der Waals surface area contributed by atoms with Crippen LogP contribution in [0.2, 0.25) is 0 Å². The summed E-state index contributed by atoms with van der Waals surface area (Å²) in [5.41, 5.74) is -0.0166. The van der Waals surface area contributed by atoms with Gasteiger partial charge in [0, 0.05) is 12.3 Å². The van der Waals surface area contributed by atoms with E-state index in [0.29, 0.717) is 6.07 Å². The predicted molar refractivity (Wildman–Crippen MR) is 60.2 cm³/mol. The van der Waals surface area contributed by atoms with Crippen molar-refractivity contribution in [3.8, 4) is 6.07 Å². The number of halogens is 2. The molecule has 1 unspecified atom stereocenters. The number of aliphatic imine (C=N–C) groups is 1. The largest absolute Gasteiger partial charge is 0.465 e. The maximum atomic E-state index is 12.8. The van der Waals surface area contributed by atoms with Gasteiger partial charge in [-0.2, -0.15) is 5.26 Å². The first-order valence-corrected chi connectivity index (χ1v) is 5.13. The monoisotopic (exact) mass is 252 g/mol. The van der Waals surface area contributed by atoms with Crippen molar-refractivity contribution in [1.82, 2.24) is 0 Å². The molecule has 0 aromatic heterocycles. The second-order valence-corrected chi connectivity index (χ2v) is 3.26. The lowest BCUT2D eigenvalue weighted by Crippen LogP contribution is -2.17. The summed E-state index contributed by atoms with van der Waals surface area (Å²) in [6.45, 7) is 1.74. The van der Waals surface area contributed by atoms with Crippen LogP contribution in [0.4, 0.5) is 14.5 Å². The summed E-state index contributed by atoms with van der Waals surface area (Å²) in [5, 5.41) is 8.72. The number of nitrogens with zero attached hydrogens (tertiary/aromatic N) is 2. The first-order valence-electron chi connectivity index (χ1n) is 5.13. The highest BCUT2D eigenvalue weighted by Crippen LogP contribution is 2.16. The molecular weight excluding hydrogens is 242 g/mol. The van der Waals surface area contributed by atoms with Crippen molar-refractivity contribution in [3.63, 3.8) is 0 Å². The number of rotatable bonds is 4. The SMILES string of the molecule is CCOC(=O)C(C#N)C=Nc1cc(F)cc(F)c1. The number of ether oxygens (including phenoxy) is 1. The van der Waals surface area contributed by atoms with E-state index < -0.39 is 23.5 Å². The molecule has 0 saturated carbocycles. The van der Waals surface area contributed by atoms with E-state index >= 15 is 0 Å². The Balaban J connectivity index is 2.84. The van der Waals surface area contributed by atoms with Crippen molar-refractivity contribution in [2.24, 2.45) is 10.9 Å². The Morgan fingerprint density at radius 2 is 2.11 bits per heavy atom. The summed E-state index contributed by atoms with van der Waals surface area (Å²) in [4.78, 5) is 14.9. The highest BCUT2D eigenvalue weighted by atomic mass is 19.1. The number of hydrogen-bond acceptors (Lipinski definition) is 4. The molecule has 0 radical (unpaired) electrons. The molecule has 0 bridgehead atoms. The van der Waals surface area contributed by atoms with Gasteiger partial charge in [0.25, 0.3) is 0 Å². The summed E-state index contributed by atoms with van der Waals surface area (Å²) < 4.78 is 30.3. The van der Waals surface area contributed by atoms with E-state index in [9.17, 15) is 13.6 Å². The Labute approximate surface area is 103 Å². The van der Waals surface area contributed by atoms with E-state index in [1.54, 1.807) is 13.0 Å². The summed E-state index contributed by atoms with van der Waals surface area (Å²) in [5.74, 6) is -3.52. The van der Waals surface area contributed by atoms with E-state index in [2.05, 4.69) is 9.73 Å². The van der Waals surface area contributed by atoms with Crippen LogP contribution in [0, 0.1) is 28.9 Å². The van der Waals surface area contributed by atoms with Crippen LogP contribution >= 0.6 is 0 Å². The Kier molecular flexibility index (Phi) is 4.93. The lowest BCUT2D eigenvalue weighted by Gasteiger charge is -2.02. The minimum absolute atomic E-state index is 0.0166. The summed E-state index contributed by atoms with van der Waals surface area (Å²) in [7, 11) is 0.